The molecule has 0 unspecified atom stereocenters. The predicted octanol–water partition coefficient (Wildman–Crippen LogP) is -0.604. The van der Waals surface area contributed by atoms with Crippen molar-refractivity contribution < 1.29 is 22.9 Å². The highest BCUT2D eigenvalue weighted by molar-refractivity contribution is 7.85. The van der Waals surface area contributed by atoms with Crippen molar-refractivity contribution in [2.75, 3.05) is 12.3 Å². The van der Waals surface area contributed by atoms with Crippen LogP contribution in [0.1, 0.15) is 11.6 Å². The number of rotatable bonds is 5. The number of carbonyl (C=O) groups is 1. The fourth-order valence-electron chi connectivity index (χ4n) is 1.25. The van der Waals surface area contributed by atoms with Crippen LogP contribution in [-0.2, 0) is 14.9 Å². The predicted molar refractivity (Wildman–Crippen MR) is 64.5 cm³/mol. The molecule has 0 fully saturated rings. The highest BCUT2D eigenvalue weighted by Crippen LogP contribution is 2.14. The summed E-state index contributed by atoms with van der Waals surface area (Å²) in [5.41, 5.74) is 6.12. The van der Waals surface area contributed by atoms with E-state index < -0.39 is 27.8 Å². The topological polar surface area (TPSA) is 130 Å². The van der Waals surface area contributed by atoms with Crippen molar-refractivity contribution in [1.82, 2.24) is 5.32 Å². The van der Waals surface area contributed by atoms with Gasteiger partial charge in [-0.15, -0.1) is 0 Å². The van der Waals surface area contributed by atoms with Crippen molar-refractivity contribution in [3.8, 4) is 5.75 Å². The van der Waals surface area contributed by atoms with Gasteiger partial charge in [-0.25, -0.2) is 0 Å². The minimum Gasteiger partial charge on any atom is -0.508 e. The van der Waals surface area contributed by atoms with E-state index in [0.717, 1.165) is 0 Å². The third-order valence-electron chi connectivity index (χ3n) is 2.19. The molecule has 0 aliphatic carbocycles. The Hall–Kier alpha value is -1.64. The molecule has 18 heavy (non-hydrogen) atoms. The van der Waals surface area contributed by atoms with Crippen LogP contribution in [0, 0.1) is 0 Å². The summed E-state index contributed by atoms with van der Waals surface area (Å²) < 4.78 is 29.3. The zero-order valence-electron chi connectivity index (χ0n) is 9.41. The molecule has 0 heterocycles. The van der Waals surface area contributed by atoms with Gasteiger partial charge in [-0.3, -0.25) is 9.35 Å². The van der Waals surface area contributed by atoms with Gasteiger partial charge in [0.2, 0.25) is 5.91 Å². The molecule has 5 N–H and O–H groups in total. The number of benzene rings is 1. The summed E-state index contributed by atoms with van der Waals surface area (Å²) in [4.78, 5) is 11.5. The van der Waals surface area contributed by atoms with Gasteiger partial charge < -0.3 is 16.2 Å². The van der Waals surface area contributed by atoms with E-state index in [1.807, 2.05) is 0 Å². The summed E-state index contributed by atoms with van der Waals surface area (Å²) in [5.74, 6) is -1.08. The van der Waals surface area contributed by atoms with Crippen LogP contribution in [0.2, 0.25) is 0 Å². The molecule has 1 aromatic carbocycles. The summed E-state index contributed by atoms with van der Waals surface area (Å²) >= 11 is 0. The fraction of sp³-hybridized carbons (Fsp3) is 0.300. The maximum atomic E-state index is 11.5. The van der Waals surface area contributed by atoms with Crippen molar-refractivity contribution in [3.05, 3.63) is 29.8 Å². The highest BCUT2D eigenvalue weighted by Gasteiger charge is 2.16. The molecule has 1 rings (SSSR count). The van der Waals surface area contributed by atoms with Crippen molar-refractivity contribution in [2.45, 2.75) is 6.04 Å². The molecule has 0 saturated heterocycles. The van der Waals surface area contributed by atoms with Gasteiger partial charge in [-0.1, -0.05) is 12.1 Å². The molecule has 0 saturated carbocycles. The van der Waals surface area contributed by atoms with E-state index in [9.17, 15) is 13.2 Å². The van der Waals surface area contributed by atoms with Gasteiger partial charge in [0.1, 0.15) is 11.8 Å². The molecule has 0 bridgehead atoms. The molecule has 8 heteroatoms. The molecule has 0 spiro atoms. The van der Waals surface area contributed by atoms with Crippen LogP contribution in [0.3, 0.4) is 0 Å². The maximum Gasteiger partial charge on any atom is 0.266 e. The normalized spacial score (nSPS) is 13.0. The van der Waals surface area contributed by atoms with Crippen LogP contribution in [0.15, 0.2) is 24.3 Å². The molecule has 1 aromatic rings. The number of aromatic hydroxyl groups is 1. The third kappa shape index (κ3) is 4.70. The first-order valence-corrected chi connectivity index (χ1v) is 6.68. The molecule has 0 aliphatic rings. The second-order valence-corrected chi connectivity index (χ2v) is 5.22. The number of amides is 1. The average Bonchev–Trinajstić information content (AvgIpc) is 2.27. The summed E-state index contributed by atoms with van der Waals surface area (Å²) in [6.07, 6.45) is 0. The van der Waals surface area contributed by atoms with E-state index in [1.54, 1.807) is 0 Å². The Balaban J connectivity index is 2.54. The Labute approximate surface area is 104 Å². The van der Waals surface area contributed by atoms with Crippen LogP contribution in [0.5, 0.6) is 5.75 Å². The van der Waals surface area contributed by atoms with Gasteiger partial charge in [-0.2, -0.15) is 8.42 Å². The Kier molecular flexibility index (Phi) is 4.65. The monoisotopic (exact) mass is 274 g/mol. The molecule has 0 aliphatic heterocycles. The quantitative estimate of drug-likeness (QED) is 0.530. The number of nitrogens with two attached hydrogens (primary N) is 1. The number of hydrogen-bond acceptors (Lipinski definition) is 5. The van der Waals surface area contributed by atoms with E-state index in [2.05, 4.69) is 5.32 Å². The lowest BCUT2D eigenvalue weighted by Gasteiger charge is -2.12. The number of phenols is 1. The van der Waals surface area contributed by atoms with Gasteiger partial charge in [0.15, 0.2) is 0 Å². The molecule has 1 atom stereocenters. The van der Waals surface area contributed by atoms with Crippen LogP contribution < -0.4 is 11.1 Å². The lowest BCUT2D eigenvalue weighted by atomic mass is 10.1. The smallest absolute Gasteiger partial charge is 0.266 e. The van der Waals surface area contributed by atoms with Crippen LogP contribution in [0.4, 0.5) is 0 Å². The van der Waals surface area contributed by atoms with Gasteiger partial charge in [0.25, 0.3) is 10.1 Å². The van der Waals surface area contributed by atoms with E-state index in [0.29, 0.717) is 5.56 Å². The molecule has 0 aromatic heterocycles. The van der Waals surface area contributed by atoms with Gasteiger partial charge in [0, 0.05) is 6.54 Å². The average molecular weight is 274 g/mol. The van der Waals surface area contributed by atoms with E-state index in [4.69, 9.17) is 15.4 Å². The van der Waals surface area contributed by atoms with Gasteiger partial charge in [0.05, 0.1) is 5.75 Å². The molecule has 7 nitrogen and oxygen atoms in total. The SMILES string of the molecule is N[C@@H](C(=O)NCCS(=O)(=O)O)c1ccc(O)cc1. The van der Waals surface area contributed by atoms with Crippen molar-refractivity contribution >= 4 is 16.0 Å². The van der Waals surface area contributed by atoms with Crippen molar-refractivity contribution in [1.29, 1.82) is 0 Å². The largest absolute Gasteiger partial charge is 0.508 e. The van der Waals surface area contributed by atoms with Crippen molar-refractivity contribution in [3.63, 3.8) is 0 Å². The highest BCUT2D eigenvalue weighted by atomic mass is 32.2. The molecule has 100 valence electrons. The summed E-state index contributed by atoms with van der Waals surface area (Å²) in [6.45, 7) is -0.219. The number of nitrogens with one attached hydrogen (secondary N) is 1. The zero-order chi connectivity index (χ0) is 13.8. The Morgan fingerprint density at radius 1 is 1.33 bits per heavy atom. The van der Waals surface area contributed by atoms with E-state index in [1.165, 1.54) is 24.3 Å². The summed E-state index contributed by atoms with van der Waals surface area (Å²) in [7, 11) is -4.10. The van der Waals surface area contributed by atoms with E-state index in [-0.39, 0.29) is 12.3 Å². The van der Waals surface area contributed by atoms with E-state index >= 15 is 0 Å². The van der Waals surface area contributed by atoms with Gasteiger partial charge in [-0.05, 0) is 17.7 Å². The summed E-state index contributed by atoms with van der Waals surface area (Å²) in [6, 6.07) is 4.79. The number of hydrogen-bond donors (Lipinski definition) is 4. The second-order valence-electron chi connectivity index (χ2n) is 3.65. The lowest BCUT2D eigenvalue weighted by molar-refractivity contribution is -0.122. The summed E-state index contributed by atoms with van der Waals surface area (Å²) in [5, 5.41) is 11.4. The maximum absolute atomic E-state index is 11.5. The van der Waals surface area contributed by atoms with Crippen LogP contribution in [0.25, 0.3) is 0 Å². The minimum absolute atomic E-state index is 0.0535. The first-order chi connectivity index (χ1) is 8.29. The first kappa shape index (κ1) is 14.4. The molecule has 0 radical (unpaired) electrons. The second kappa shape index (κ2) is 5.80. The van der Waals surface area contributed by atoms with Crippen molar-refractivity contribution in [2.24, 2.45) is 5.73 Å². The van der Waals surface area contributed by atoms with Crippen LogP contribution >= 0.6 is 0 Å². The fourth-order valence-corrected chi connectivity index (χ4v) is 1.61. The third-order valence-corrected chi connectivity index (χ3v) is 2.91. The minimum atomic E-state index is -4.10. The van der Waals surface area contributed by atoms with Crippen LogP contribution in [-0.4, -0.2) is 36.3 Å². The standard InChI is InChI=1S/C10H14N2O5S/c11-9(7-1-3-8(13)4-2-7)10(14)12-5-6-18(15,16)17/h1-4,9,13H,5-6,11H2,(H,12,14)(H,15,16,17)/t9-/m1/s1. The Morgan fingerprint density at radius 2 is 1.89 bits per heavy atom. The molecular formula is C10H14N2O5S. The zero-order valence-corrected chi connectivity index (χ0v) is 10.2. The number of phenolic OH excluding ortho intramolecular Hbond substituents is 1. The Morgan fingerprint density at radius 3 is 2.39 bits per heavy atom. The Bertz CT molecular complexity index is 512. The number of carbonyl (C=O) groups excluding carboxylic acids is 1. The van der Waals surface area contributed by atoms with Gasteiger partial charge >= 0.3 is 0 Å². The molecular weight excluding hydrogens is 260 g/mol. The first-order valence-electron chi connectivity index (χ1n) is 5.07. The molecule has 1 amide bonds. The lowest BCUT2D eigenvalue weighted by Crippen LogP contribution is -2.36.